The molecule has 0 amide bonds. The quantitative estimate of drug-likeness (QED) is 0.552. The van der Waals surface area contributed by atoms with Gasteiger partial charge in [-0.15, -0.1) is 13.2 Å². The number of nitrogens with zero attached hydrogens (tertiary/aromatic N) is 1. The maximum atomic E-state index is 11.4. The van der Waals surface area contributed by atoms with Gasteiger partial charge in [0.1, 0.15) is 0 Å². The Morgan fingerprint density at radius 3 is 2.70 bits per heavy atom. The minimum Gasteiger partial charge on any atom is -0.382 e. The number of hydrogen-bond acceptors (Lipinski definition) is 3. The highest BCUT2D eigenvalue weighted by Crippen LogP contribution is 2.24. The van der Waals surface area contributed by atoms with E-state index in [1.54, 1.807) is 0 Å². The Bertz CT molecular complexity index is 155. The Morgan fingerprint density at radius 2 is 2.30 bits per heavy atom. The fourth-order valence-electron chi connectivity index (χ4n) is 0.412. The van der Waals surface area contributed by atoms with E-state index in [1.165, 1.54) is 6.54 Å². The summed E-state index contributed by atoms with van der Waals surface area (Å²) in [5, 5.41) is -0.326. The van der Waals surface area contributed by atoms with Gasteiger partial charge in [0.15, 0.2) is 0 Å². The first-order chi connectivity index (χ1) is 4.58. The molecule has 6 heteroatoms. The molecule has 1 radical (unpaired) electrons. The van der Waals surface area contributed by atoms with Crippen LogP contribution in [-0.2, 0) is 4.74 Å². The van der Waals surface area contributed by atoms with E-state index in [9.17, 15) is 13.2 Å². The van der Waals surface area contributed by atoms with Crippen molar-refractivity contribution in [2.45, 2.75) is 6.36 Å². The fourth-order valence-corrected chi connectivity index (χ4v) is 1.01. The van der Waals surface area contributed by atoms with Gasteiger partial charge >= 0.3 is 6.36 Å². The lowest BCUT2D eigenvalue weighted by atomic mass is 10.8. The van der Waals surface area contributed by atoms with E-state index in [-0.39, 0.29) is 5.23 Å². The van der Waals surface area contributed by atoms with Crippen LogP contribution < -0.4 is 0 Å². The first kappa shape index (κ1) is 7.71. The number of hydrogen-bond donors (Lipinski definition) is 0. The van der Waals surface area contributed by atoms with Gasteiger partial charge in [-0.25, -0.2) is 4.99 Å². The van der Waals surface area contributed by atoms with Crippen LogP contribution in [0, 0.1) is 6.54 Å². The summed E-state index contributed by atoms with van der Waals surface area (Å²) in [6.45, 7) is 1.37. The van der Waals surface area contributed by atoms with E-state index in [1.807, 2.05) is 0 Å². The average Bonchev–Trinajstić information content (AvgIpc) is 2.12. The first-order valence-corrected chi connectivity index (χ1v) is 3.34. The van der Waals surface area contributed by atoms with E-state index in [2.05, 4.69) is 9.73 Å². The van der Waals surface area contributed by atoms with Crippen molar-refractivity contribution in [1.82, 2.24) is 0 Å². The van der Waals surface area contributed by atoms with Crippen molar-refractivity contribution in [2.75, 3.05) is 5.75 Å². The standard InChI is InChI=1S/C4H3F3NOS/c5-4(6,7)9-3-8-1-2-10-3/h1H,2H2. The largest absolute Gasteiger partial charge is 0.574 e. The van der Waals surface area contributed by atoms with Crippen molar-refractivity contribution in [3.8, 4) is 0 Å². The fraction of sp³-hybridized carbons (Fsp3) is 0.500. The smallest absolute Gasteiger partial charge is 0.382 e. The van der Waals surface area contributed by atoms with E-state index in [0.717, 1.165) is 11.8 Å². The lowest BCUT2D eigenvalue weighted by Crippen LogP contribution is -2.16. The predicted molar refractivity (Wildman–Crippen MR) is 31.3 cm³/mol. The zero-order valence-electron chi connectivity index (χ0n) is 4.68. The SMILES string of the molecule is FC(F)(F)OC1=N[CH]CS1. The summed E-state index contributed by atoms with van der Waals surface area (Å²) in [7, 11) is 0. The molecule has 1 aliphatic rings. The molecular weight excluding hydrogens is 167 g/mol. The van der Waals surface area contributed by atoms with Gasteiger partial charge in [-0.2, -0.15) is 0 Å². The van der Waals surface area contributed by atoms with Gasteiger partial charge in [0.2, 0.25) is 0 Å². The van der Waals surface area contributed by atoms with Crippen LogP contribution in [0.2, 0.25) is 0 Å². The molecule has 0 fully saturated rings. The lowest BCUT2D eigenvalue weighted by molar-refractivity contribution is -0.281. The second-order valence-corrected chi connectivity index (χ2v) is 2.41. The Morgan fingerprint density at radius 1 is 1.60 bits per heavy atom. The van der Waals surface area contributed by atoms with Crippen molar-refractivity contribution in [2.24, 2.45) is 4.99 Å². The zero-order valence-corrected chi connectivity index (χ0v) is 5.50. The number of halogens is 3. The van der Waals surface area contributed by atoms with Crippen LogP contribution in [-0.4, -0.2) is 17.3 Å². The summed E-state index contributed by atoms with van der Waals surface area (Å²) in [4.78, 5) is 3.33. The molecule has 57 valence electrons. The molecule has 1 heterocycles. The van der Waals surface area contributed by atoms with Crippen LogP contribution in [0.4, 0.5) is 13.2 Å². The Hall–Kier alpha value is -0.390. The van der Waals surface area contributed by atoms with Crippen molar-refractivity contribution in [3.05, 3.63) is 6.54 Å². The number of alkyl halides is 3. The summed E-state index contributed by atoms with van der Waals surface area (Å²) >= 11 is 0.921. The molecule has 1 rings (SSSR count). The van der Waals surface area contributed by atoms with E-state index >= 15 is 0 Å². The molecular formula is C4H3F3NOS. The number of rotatable bonds is 0. The highest BCUT2D eigenvalue weighted by Gasteiger charge is 2.33. The zero-order chi connectivity index (χ0) is 7.61. The van der Waals surface area contributed by atoms with Gasteiger partial charge < -0.3 is 4.74 Å². The molecule has 0 unspecified atom stereocenters. The third-order valence-corrected chi connectivity index (χ3v) is 1.43. The summed E-state index contributed by atoms with van der Waals surface area (Å²) in [5.74, 6) is 0.450. The molecule has 0 N–H and O–H groups in total. The van der Waals surface area contributed by atoms with Crippen LogP contribution in [0.15, 0.2) is 4.99 Å². The molecule has 0 saturated heterocycles. The van der Waals surface area contributed by atoms with Gasteiger partial charge in [-0.3, -0.25) is 0 Å². The molecule has 0 aliphatic carbocycles. The minimum absolute atomic E-state index is 0.326. The molecule has 1 aliphatic heterocycles. The predicted octanol–water partition coefficient (Wildman–Crippen LogP) is 1.79. The van der Waals surface area contributed by atoms with Crippen molar-refractivity contribution >= 4 is 17.0 Å². The first-order valence-electron chi connectivity index (χ1n) is 2.36. The van der Waals surface area contributed by atoms with Gasteiger partial charge in [0.25, 0.3) is 5.23 Å². The molecule has 0 spiro atoms. The van der Waals surface area contributed by atoms with Gasteiger partial charge in [-0.1, -0.05) is 11.8 Å². The molecule has 0 aromatic rings. The topological polar surface area (TPSA) is 21.6 Å². The second kappa shape index (κ2) is 2.69. The van der Waals surface area contributed by atoms with E-state index in [4.69, 9.17) is 0 Å². The Labute approximate surface area is 59.5 Å². The van der Waals surface area contributed by atoms with Crippen molar-refractivity contribution in [1.29, 1.82) is 0 Å². The van der Waals surface area contributed by atoms with Crippen molar-refractivity contribution in [3.63, 3.8) is 0 Å². The summed E-state index contributed by atoms with van der Waals surface area (Å²) < 4.78 is 37.6. The van der Waals surface area contributed by atoms with Gasteiger partial charge in [-0.05, 0) is 0 Å². The third kappa shape index (κ3) is 2.47. The van der Waals surface area contributed by atoms with Crippen LogP contribution >= 0.6 is 11.8 Å². The van der Waals surface area contributed by atoms with Gasteiger partial charge in [0, 0.05) is 5.75 Å². The monoisotopic (exact) mass is 170 g/mol. The minimum atomic E-state index is -4.61. The third-order valence-electron chi connectivity index (χ3n) is 0.681. The molecule has 0 atom stereocenters. The average molecular weight is 170 g/mol. The Balaban J connectivity index is 2.38. The van der Waals surface area contributed by atoms with Crippen molar-refractivity contribution < 1.29 is 17.9 Å². The molecule has 0 aromatic heterocycles. The van der Waals surface area contributed by atoms with Crippen LogP contribution in [0.25, 0.3) is 0 Å². The Kier molecular flexibility index (Phi) is 2.08. The molecule has 0 aromatic carbocycles. The van der Waals surface area contributed by atoms with E-state index in [0.29, 0.717) is 5.75 Å². The van der Waals surface area contributed by atoms with Crippen LogP contribution in [0.1, 0.15) is 0 Å². The molecule has 10 heavy (non-hydrogen) atoms. The number of aliphatic imine (C=N–C) groups is 1. The molecule has 0 bridgehead atoms. The highest BCUT2D eigenvalue weighted by atomic mass is 32.2. The number of ether oxygens (including phenoxy) is 1. The molecule has 2 nitrogen and oxygen atoms in total. The summed E-state index contributed by atoms with van der Waals surface area (Å²) in [6.07, 6.45) is -4.61. The lowest BCUT2D eigenvalue weighted by Gasteiger charge is -2.05. The number of thioether (sulfide) groups is 1. The molecule has 0 saturated carbocycles. The highest BCUT2D eigenvalue weighted by molar-refractivity contribution is 8.13. The summed E-state index contributed by atoms with van der Waals surface area (Å²) in [5.41, 5.74) is 0. The van der Waals surface area contributed by atoms with Crippen LogP contribution in [0.5, 0.6) is 0 Å². The van der Waals surface area contributed by atoms with E-state index < -0.39 is 6.36 Å². The summed E-state index contributed by atoms with van der Waals surface area (Å²) in [6, 6.07) is 0. The maximum absolute atomic E-state index is 11.4. The van der Waals surface area contributed by atoms with Crippen LogP contribution in [0.3, 0.4) is 0 Å². The maximum Gasteiger partial charge on any atom is 0.574 e. The second-order valence-electron chi connectivity index (χ2n) is 1.44. The van der Waals surface area contributed by atoms with Gasteiger partial charge in [0.05, 0.1) is 6.54 Å². The normalized spacial score (nSPS) is 18.9.